The van der Waals surface area contributed by atoms with E-state index < -0.39 is 0 Å². The van der Waals surface area contributed by atoms with Gasteiger partial charge in [-0.1, -0.05) is 0 Å². The van der Waals surface area contributed by atoms with Crippen molar-refractivity contribution in [2.24, 2.45) is 5.92 Å². The molecule has 1 saturated carbocycles. The van der Waals surface area contributed by atoms with Gasteiger partial charge in [0.1, 0.15) is 11.5 Å². The first-order valence-electron chi connectivity index (χ1n) is 6.43. The maximum atomic E-state index is 12.2. The monoisotopic (exact) mass is 343 g/mol. The maximum Gasteiger partial charge on any atom is 0.255 e. The summed E-state index contributed by atoms with van der Waals surface area (Å²) < 4.78 is 11.1. The van der Waals surface area contributed by atoms with Crippen molar-refractivity contribution < 1.29 is 19.4 Å². The summed E-state index contributed by atoms with van der Waals surface area (Å²) in [6, 6.07) is 3.40. The van der Waals surface area contributed by atoms with Crippen LogP contribution in [0.25, 0.3) is 0 Å². The SMILES string of the molecule is COc1cc(Br)c(OC)c(C(=O)NCC2CC(O)C2)c1. The fraction of sp³-hybridized carbons (Fsp3) is 0.500. The Balaban J connectivity index is 2.09. The molecule has 0 radical (unpaired) electrons. The number of hydrogen-bond donors (Lipinski definition) is 2. The molecule has 0 atom stereocenters. The summed E-state index contributed by atoms with van der Waals surface area (Å²) in [6.45, 7) is 0.563. The molecule has 0 bridgehead atoms. The highest BCUT2D eigenvalue weighted by molar-refractivity contribution is 9.10. The van der Waals surface area contributed by atoms with Crippen LogP contribution in [0.5, 0.6) is 11.5 Å². The molecule has 1 aromatic carbocycles. The highest BCUT2D eigenvalue weighted by atomic mass is 79.9. The van der Waals surface area contributed by atoms with Crippen molar-refractivity contribution in [3.8, 4) is 11.5 Å². The molecule has 0 heterocycles. The van der Waals surface area contributed by atoms with Crippen LogP contribution >= 0.6 is 15.9 Å². The molecule has 0 unspecified atom stereocenters. The number of aliphatic hydroxyl groups excluding tert-OH is 1. The molecule has 2 N–H and O–H groups in total. The van der Waals surface area contributed by atoms with E-state index in [0.717, 1.165) is 12.8 Å². The minimum absolute atomic E-state index is 0.206. The van der Waals surface area contributed by atoms with E-state index in [1.807, 2.05) is 0 Å². The van der Waals surface area contributed by atoms with Gasteiger partial charge in [-0.15, -0.1) is 0 Å². The molecule has 1 fully saturated rings. The van der Waals surface area contributed by atoms with Gasteiger partial charge in [-0.3, -0.25) is 4.79 Å². The molecule has 1 amide bonds. The Morgan fingerprint density at radius 2 is 2.10 bits per heavy atom. The molecule has 6 heteroatoms. The number of ether oxygens (including phenoxy) is 2. The molecule has 0 spiro atoms. The van der Waals surface area contributed by atoms with Crippen molar-refractivity contribution in [1.82, 2.24) is 5.32 Å². The maximum absolute atomic E-state index is 12.2. The smallest absolute Gasteiger partial charge is 0.255 e. The first kappa shape index (κ1) is 15.1. The van der Waals surface area contributed by atoms with Crippen LogP contribution in [-0.4, -0.2) is 37.9 Å². The Kier molecular flexibility index (Phi) is 4.88. The lowest BCUT2D eigenvalue weighted by atomic mass is 9.82. The summed E-state index contributed by atoms with van der Waals surface area (Å²) in [4.78, 5) is 12.2. The van der Waals surface area contributed by atoms with Crippen LogP contribution in [0, 0.1) is 5.92 Å². The van der Waals surface area contributed by atoms with Crippen LogP contribution < -0.4 is 14.8 Å². The van der Waals surface area contributed by atoms with Crippen molar-refractivity contribution in [3.63, 3.8) is 0 Å². The van der Waals surface area contributed by atoms with Gasteiger partial charge in [-0.2, -0.15) is 0 Å². The molecule has 0 aromatic heterocycles. The number of halogens is 1. The van der Waals surface area contributed by atoms with Gasteiger partial charge in [0.05, 0.1) is 30.4 Å². The zero-order chi connectivity index (χ0) is 14.7. The van der Waals surface area contributed by atoms with Crippen LogP contribution in [-0.2, 0) is 0 Å². The topological polar surface area (TPSA) is 67.8 Å². The van der Waals surface area contributed by atoms with Gasteiger partial charge < -0.3 is 19.9 Å². The number of hydrogen-bond acceptors (Lipinski definition) is 4. The Labute approximate surface area is 126 Å². The lowest BCUT2D eigenvalue weighted by molar-refractivity contribution is 0.0420. The summed E-state index contributed by atoms with van der Waals surface area (Å²) in [7, 11) is 3.07. The third-order valence-electron chi connectivity index (χ3n) is 3.46. The number of aliphatic hydroxyl groups is 1. The lowest BCUT2D eigenvalue weighted by Gasteiger charge is -2.31. The first-order chi connectivity index (χ1) is 9.55. The number of carbonyl (C=O) groups excluding carboxylic acids is 1. The lowest BCUT2D eigenvalue weighted by Crippen LogP contribution is -2.38. The van der Waals surface area contributed by atoms with E-state index in [0.29, 0.717) is 34.0 Å². The number of amides is 1. The normalized spacial score (nSPS) is 21.0. The summed E-state index contributed by atoms with van der Waals surface area (Å²) in [5.74, 6) is 1.22. The zero-order valence-electron chi connectivity index (χ0n) is 11.5. The van der Waals surface area contributed by atoms with Crippen molar-refractivity contribution in [2.45, 2.75) is 18.9 Å². The van der Waals surface area contributed by atoms with Crippen molar-refractivity contribution in [2.75, 3.05) is 20.8 Å². The van der Waals surface area contributed by atoms with Crippen LogP contribution in [0.15, 0.2) is 16.6 Å². The summed E-state index contributed by atoms with van der Waals surface area (Å²) in [5.41, 5.74) is 0.429. The van der Waals surface area contributed by atoms with E-state index in [1.165, 1.54) is 7.11 Å². The van der Waals surface area contributed by atoms with E-state index in [-0.39, 0.29) is 12.0 Å². The average molecular weight is 344 g/mol. The number of rotatable bonds is 5. The number of nitrogens with one attached hydrogen (secondary N) is 1. The second-order valence-corrected chi connectivity index (χ2v) is 5.75. The minimum atomic E-state index is -0.211. The van der Waals surface area contributed by atoms with Gasteiger partial charge in [0, 0.05) is 6.54 Å². The fourth-order valence-corrected chi connectivity index (χ4v) is 2.86. The van der Waals surface area contributed by atoms with Crippen LogP contribution in [0.4, 0.5) is 0 Å². The van der Waals surface area contributed by atoms with Crippen LogP contribution in [0.2, 0.25) is 0 Å². The molecule has 110 valence electrons. The number of methoxy groups -OCH3 is 2. The molecular weight excluding hydrogens is 326 g/mol. The highest BCUT2D eigenvalue weighted by Crippen LogP contribution is 2.33. The van der Waals surface area contributed by atoms with Crippen LogP contribution in [0.1, 0.15) is 23.2 Å². The molecule has 0 aliphatic heterocycles. The van der Waals surface area contributed by atoms with Gasteiger partial charge >= 0.3 is 0 Å². The largest absolute Gasteiger partial charge is 0.497 e. The standard InChI is InChI=1S/C14H18BrNO4/c1-19-10-5-11(13(20-2)12(15)6-10)14(18)16-7-8-3-9(17)4-8/h5-6,8-9,17H,3-4,7H2,1-2H3,(H,16,18). The van der Waals surface area contributed by atoms with Gasteiger partial charge in [0.25, 0.3) is 5.91 Å². The second-order valence-electron chi connectivity index (χ2n) is 4.89. The van der Waals surface area contributed by atoms with E-state index in [4.69, 9.17) is 9.47 Å². The quantitative estimate of drug-likeness (QED) is 0.857. The molecule has 2 rings (SSSR count). The molecule has 5 nitrogen and oxygen atoms in total. The Morgan fingerprint density at radius 1 is 1.40 bits per heavy atom. The summed E-state index contributed by atoms with van der Waals surface area (Å²) >= 11 is 3.36. The molecule has 0 saturated heterocycles. The zero-order valence-corrected chi connectivity index (χ0v) is 13.1. The van der Waals surface area contributed by atoms with Crippen LogP contribution in [0.3, 0.4) is 0 Å². The van der Waals surface area contributed by atoms with Gasteiger partial charge in [0.2, 0.25) is 0 Å². The predicted molar refractivity (Wildman–Crippen MR) is 78.3 cm³/mol. The third kappa shape index (κ3) is 3.24. The van der Waals surface area contributed by atoms with Crippen molar-refractivity contribution in [1.29, 1.82) is 0 Å². The van der Waals surface area contributed by atoms with E-state index >= 15 is 0 Å². The second kappa shape index (κ2) is 6.45. The Bertz CT molecular complexity index is 500. The third-order valence-corrected chi connectivity index (χ3v) is 4.05. The molecule has 1 aromatic rings. The van der Waals surface area contributed by atoms with Gasteiger partial charge in [-0.05, 0) is 46.8 Å². The van der Waals surface area contributed by atoms with Crippen molar-refractivity contribution >= 4 is 21.8 Å². The summed E-state index contributed by atoms with van der Waals surface area (Å²) in [6.07, 6.45) is 1.29. The molecule has 20 heavy (non-hydrogen) atoms. The van der Waals surface area contributed by atoms with E-state index in [2.05, 4.69) is 21.2 Å². The fourth-order valence-electron chi connectivity index (χ4n) is 2.26. The predicted octanol–water partition coefficient (Wildman–Crippen LogP) is 1.97. The van der Waals surface area contributed by atoms with Gasteiger partial charge in [-0.25, -0.2) is 0 Å². The highest BCUT2D eigenvalue weighted by Gasteiger charge is 2.27. The molecule has 1 aliphatic rings. The average Bonchev–Trinajstić information content (AvgIpc) is 2.40. The molecular formula is C14H18BrNO4. The summed E-state index contributed by atoms with van der Waals surface area (Å²) in [5, 5.41) is 12.1. The van der Waals surface area contributed by atoms with Gasteiger partial charge in [0.15, 0.2) is 0 Å². The molecule has 1 aliphatic carbocycles. The van der Waals surface area contributed by atoms with E-state index in [9.17, 15) is 9.90 Å². The van der Waals surface area contributed by atoms with Crippen molar-refractivity contribution in [3.05, 3.63) is 22.2 Å². The Morgan fingerprint density at radius 3 is 2.65 bits per heavy atom. The number of benzene rings is 1. The first-order valence-corrected chi connectivity index (χ1v) is 7.22. The minimum Gasteiger partial charge on any atom is -0.497 e. The number of carbonyl (C=O) groups is 1. The van der Waals surface area contributed by atoms with E-state index in [1.54, 1.807) is 19.2 Å². The Hall–Kier alpha value is -1.27.